The fourth-order valence-electron chi connectivity index (χ4n) is 4.05. The molecule has 0 spiro atoms. The molecule has 2 aliphatic heterocycles. The van der Waals surface area contributed by atoms with E-state index in [0.29, 0.717) is 18.8 Å². The molecule has 0 saturated carbocycles. The number of carbonyl (C=O) groups excluding carboxylic acids is 1. The molecule has 1 amide bonds. The number of benzene rings is 1. The second-order valence-electron chi connectivity index (χ2n) is 8.21. The van der Waals surface area contributed by atoms with Crippen molar-refractivity contribution in [2.45, 2.75) is 37.9 Å². The van der Waals surface area contributed by atoms with Crippen LogP contribution in [0.2, 0.25) is 0 Å². The lowest BCUT2D eigenvalue weighted by atomic mass is 10.2. The highest BCUT2D eigenvalue weighted by atomic mass is 32.2. The molecule has 9 nitrogen and oxygen atoms in total. The molecule has 2 aliphatic rings. The first-order valence-corrected chi connectivity index (χ1v) is 12.7. The maximum absolute atomic E-state index is 12.3. The molecule has 2 aromatic heterocycles. The van der Waals surface area contributed by atoms with Gasteiger partial charge in [0.2, 0.25) is 12.7 Å². The Bertz CT molecular complexity index is 1200. The van der Waals surface area contributed by atoms with Gasteiger partial charge >= 0.3 is 0 Å². The van der Waals surface area contributed by atoms with Gasteiger partial charge in [0.1, 0.15) is 5.82 Å². The van der Waals surface area contributed by atoms with Crippen LogP contribution in [-0.2, 0) is 11.3 Å². The maximum atomic E-state index is 12.3. The quantitative estimate of drug-likeness (QED) is 0.283. The van der Waals surface area contributed by atoms with E-state index in [2.05, 4.69) is 22.2 Å². The van der Waals surface area contributed by atoms with E-state index in [1.807, 2.05) is 29.1 Å². The summed E-state index contributed by atoms with van der Waals surface area (Å²) in [6.45, 7) is 5.39. The van der Waals surface area contributed by atoms with Crippen LogP contribution in [0.5, 0.6) is 11.5 Å². The third-order valence-electron chi connectivity index (χ3n) is 5.74. The lowest BCUT2D eigenvalue weighted by molar-refractivity contribution is -0.116. The summed E-state index contributed by atoms with van der Waals surface area (Å²) in [5, 5.41) is 9.24. The Morgan fingerprint density at radius 1 is 1.21 bits per heavy atom. The average molecular weight is 481 g/mol. The van der Waals surface area contributed by atoms with E-state index in [-0.39, 0.29) is 12.7 Å². The van der Waals surface area contributed by atoms with Gasteiger partial charge < -0.3 is 19.7 Å². The van der Waals surface area contributed by atoms with Gasteiger partial charge in [0.15, 0.2) is 22.3 Å². The van der Waals surface area contributed by atoms with Crippen LogP contribution in [0.25, 0.3) is 17.1 Å². The fourth-order valence-corrected chi connectivity index (χ4v) is 4.73. The van der Waals surface area contributed by atoms with Crippen molar-refractivity contribution in [2.24, 2.45) is 0 Å². The zero-order valence-electron chi connectivity index (χ0n) is 19.2. The second kappa shape index (κ2) is 10.3. The van der Waals surface area contributed by atoms with Crippen molar-refractivity contribution >= 4 is 40.6 Å². The Kier molecular flexibility index (Phi) is 6.84. The molecule has 5 rings (SSSR count). The number of nitrogens with zero attached hydrogens (tertiary/aromatic N) is 5. The van der Waals surface area contributed by atoms with E-state index in [0.717, 1.165) is 58.6 Å². The summed E-state index contributed by atoms with van der Waals surface area (Å²) in [5.41, 5.74) is 1.70. The monoisotopic (exact) mass is 480 g/mol. The van der Waals surface area contributed by atoms with Crippen molar-refractivity contribution in [3.8, 4) is 11.5 Å². The Balaban J connectivity index is 1.24. The predicted molar refractivity (Wildman–Crippen MR) is 132 cm³/mol. The summed E-state index contributed by atoms with van der Waals surface area (Å²) in [6.07, 6.45) is 8.56. The first-order chi connectivity index (χ1) is 16.7. The fraction of sp³-hybridized carbons (Fsp3) is 0.417. The molecule has 0 unspecified atom stereocenters. The van der Waals surface area contributed by atoms with E-state index in [1.54, 1.807) is 17.8 Å². The Labute approximate surface area is 202 Å². The molecular weight excluding hydrogens is 452 g/mol. The standard InChI is InChI=1S/C24H28N6O3S/c1-2-13-34-24-27-22(29-10-3-4-11-29)18-15-26-30(23(18)28-24)12-9-25-21(31)8-6-17-5-7-19-20(14-17)33-16-32-19/h5-8,14-15H,2-4,9-13,16H2,1H3,(H,25,31)/b8-6-. The number of aromatic nitrogens is 4. The second-order valence-corrected chi connectivity index (χ2v) is 9.28. The minimum absolute atomic E-state index is 0.166. The van der Waals surface area contributed by atoms with Gasteiger partial charge in [-0.1, -0.05) is 24.8 Å². The molecule has 178 valence electrons. The van der Waals surface area contributed by atoms with Crippen LogP contribution in [0.3, 0.4) is 0 Å². The number of thioether (sulfide) groups is 1. The lowest BCUT2D eigenvalue weighted by Crippen LogP contribution is -2.26. The molecule has 34 heavy (non-hydrogen) atoms. The average Bonchev–Trinajstić information content (AvgIpc) is 3.62. The Hall–Kier alpha value is -3.27. The van der Waals surface area contributed by atoms with Crippen molar-refractivity contribution in [3.63, 3.8) is 0 Å². The number of hydrogen-bond acceptors (Lipinski definition) is 8. The molecule has 4 heterocycles. The molecule has 0 aliphatic carbocycles. The summed E-state index contributed by atoms with van der Waals surface area (Å²) in [4.78, 5) is 24.3. The minimum atomic E-state index is -0.166. The zero-order valence-corrected chi connectivity index (χ0v) is 20.0. The number of anilines is 1. The van der Waals surface area contributed by atoms with Gasteiger partial charge in [-0.15, -0.1) is 0 Å². The van der Waals surface area contributed by atoms with E-state index in [1.165, 1.54) is 18.9 Å². The largest absolute Gasteiger partial charge is 0.454 e. The molecule has 3 aromatic rings. The van der Waals surface area contributed by atoms with Crippen molar-refractivity contribution in [2.75, 3.05) is 37.1 Å². The van der Waals surface area contributed by atoms with Crippen LogP contribution >= 0.6 is 11.8 Å². The van der Waals surface area contributed by atoms with Gasteiger partial charge in [0.25, 0.3) is 0 Å². The number of carbonyl (C=O) groups is 1. The number of fused-ring (bicyclic) bond motifs is 2. The topological polar surface area (TPSA) is 94.4 Å². The summed E-state index contributed by atoms with van der Waals surface area (Å²) >= 11 is 1.68. The van der Waals surface area contributed by atoms with Gasteiger partial charge in [-0.3, -0.25) is 4.79 Å². The van der Waals surface area contributed by atoms with Crippen molar-refractivity contribution in [3.05, 3.63) is 36.0 Å². The number of nitrogens with one attached hydrogen (secondary N) is 1. The molecule has 0 atom stereocenters. The smallest absolute Gasteiger partial charge is 0.244 e. The first-order valence-electron chi connectivity index (χ1n) is 11.7. The van der Waals surface area contributed by atoms with E-state index in [9.17, 15) is 4.79 Å². The van der Waals surface area contributed by atoms with Gasteiger partial charge in [-0.25, -0.2) is 14.6 Å². The summed E-state index contributed by atoms with van der Waals surface area (Å²) in [7, 11) is 0. The molecule has 0 bridgehead atoms. The van der Waals surface area contributed by atoms with Gasteiger partial charge in [0.05, 0.1) is 18.1 Å². The number of rotatable bonds is 9. The summed E-state index contributed by atoms with van der Waals surface area (Å²) in [5.74, 6) is 3.20. The summed E-state index contributed by atoms with van der Waals surface area (Å²) < 4.78 is 12.5. The Morgan fingerprint density at radius 3 is 2.91 bits per heavy atom. The molecule has 1 aromatic carbocycles. The molecule has 10 heteroatoms. The highest BCUT2D eigenvalue weighted by Gasteiger charge is 2.21. The van der Waals surface area contributed by atoms with Crippen molar-refractivity contribution in [1.29, 1.82) is 0 Å². The van der Waals surface area contributed by atoms with Crippen molar-refractivity contribution in [1.82, 2.24) is 25.1 Å². The van der Waals surface area contributed by atoms with E-state index < -0.39 is 0 Å². The maximum Gasteiger partial charge on any atom is 0.244 e. The number of amides is 1. The van der Waals surface area contributed by atoms with Crippen LogP contribution in [0.15, 0.2) is 35.6 Å². The van der Waals surface area contributed by atoms with Gasteiger partial charge in [-0.2, -0.15) is 5.10 Å². The molecule has 1 fully saturated rings. The normalized spacial score (nSPS) is 15.0. The van der Waals surface area contributed by atoms with Gasteiger partial charge in [-0.05, 0) is 43.0 Å². The summed E-state index contributed by atoms with van der Waals surface area (Å²) in [6, 6.07) is 5.58. The molecular formula is C24H28N6O3S. The van der Waals surface area contributed by atoms with E-state index >= 15 is 0 Å². The van der Waals surface area contributed by atoms with E-state index in [4.69, 9.17) is 19.4 Å². The third-order valence-corrected chi connectivity index (χ3v) is 6.80. The zero-order chi connectivity index (χ0) is 23.3. The van der Waals surface area contributed by atoms with Crippen LogP contribution < -0.4 is 19.7 Å². The highest BCUT2D eigenvalue weighted by Crippen LogP contribution is 2.33. The molecule has 0 radical (unpaired) electrons. The van der Waals surface area contributed by atoms with Crippen LogP contribution in [0, 0.1) is 0 Å². The SMILES string of the molecule is CCCSc1nc(N2CCCC2)c2cnn(CCNC(=O)/C=C\c3ccc4c(c3)OCO4)c2n1. The minimum Gasteiger partial charge on any atom is -0.454 e. The molecule has 1 saturated heterocycles. The van der Waals surface area contributed by atoms with Crippen LogP contribution in [0.1, 0.15) is 31.7 Å². The predicted octanol–water partition coefficient (Wildman–Crippen LogP) is 3.49. The van der Waals surface area contributed by atoms with Crippen LogP contribution in [-0.4, -0.2) is 57.8 Å². The lowest BCUT2D eigenvalue weighted by Gasteiger charge is -2.18. The Morgan fingerprint density at radius 2 is 2.06 bits per heavy atom. The number of hydrogen-bond donors (Lipinski definition) is 1. The highest BCUT2D eigenvalue weighted by molar-refractivity contribution is 7.99. The first kappa shape index (κ1) is 22.5. The van der Waals surface area contributed by atoms with Crippen LogP contribution in [0.4, 0.5) is 5.82 Å². The molecule has 1 N–H and O–H groups in total. The third kappa shape index (κ3) is 4.96. The number of ether oxygens (including phenoxy) is 2. The van der Waals surface area contributed by atoms with Gasteiger partial charge in [0, 0.05) is 31.5 Å². The van der Waals surface area contributed by atoms with Crippen molar-refractivity contribution < 1.29 is 14.3 Å².